The lowest BCUT2D eigenvalue weighted by Gasteiger charge is -2.19. The van der Waals surface area contributed by atoms with Gasteiger partial charge in [0.2, 0.25) is 0 Å². The van der Waals surface area contributed by atoms with Gasteiger partial charge in [0.1, 0.15) is 5.25 Å². The number of H-pyrrole nitrogens is 1. The van der Waals surface area contributed by atoms with Gasteiger partial charge in [-0.15, -0.1) is 0 Å². The van der Waals surface area contributed by atoms with Crippen LogP contribution in [0.15, 0.2) is 4.34 Å². The van der Waals surface area contributed by atoms with E-state index >= 15 is 0 Å². The third-order valence-electron chi connectivity index (χ3n) is 5.04. The molecule has 0 spiro atoms. The van der Waals surface area contributed by atoms with E-state index in [9.17, 15) is 9.59 Å². The van der Waals surface area contributed by atoms with Crippen molar-refractivity contribution in [2.24, 2.45) is 11.8 Å². The summed E-state index contributed by atoms with van der Waals surface area (Å²) < 4.78 is 12.2. The second-order valence-electron chi connectivity index (χ2n) is 7.48. The van der Waals surface area contributed by atoms with E-state index in [2.05, 4.69) is 37.9 Å². The first-order chi connectivity index (χ1) is 14.4. The van der Waals surface area contributed by atoms with E-state index in [0.29, 0.717) is 33.3 Å². The van der Waals surface area contributed by atoms with Crippen LogP contribution in [-0.4, -0.2) is 40.6 Å². The predicted molar refractivity (Wildman–Crippen MR) is 125 cm³/mol. The fourth-order valence-corrected chi connectivity index (χ4v) is 5.29. The minimum absolute atomic E-state index is 0.0375. The van der Waals surface area contributed by atoms with E-state index < -0.39 is 11.2 Å². The van der Waals surface area contributed by atoms with Crippen molar-refractivity contribution in [3.8, 4) is 0 Å². The Bertz CT molecular complexity index is 677. The van der Waals surface area contributed by atoms with Gasteiger partial charge in [0.25, 0.3) is 0 Å². The maximum Gasteiger partial charge on any atom is 0.320 e. The van der Waals surface area contributed by atoms with Crippen LogP contribution < -0.4 is 0 Å². The van der Waals surface area contributed by atoms with Gasteiger partial charge in [0, 0.05) is 0 Å². The van der Waals surface area contributed by atoms with Gasteiger partial charge < -0.3 is 9.47 Å². The Morgan fingerprint density at radius 3 is 2.30 bits per heavy atom. The van der Waals surface area contributed by atoms with Crippen LogP contribution in [0, 0.1) is 15.8 Å². The topological polar surface area (TPSA) is 81.3 Å². The zero-order valence-electron chi connectivity index (χ0n) is 18.6. The normalized spacial score (nSPS) is 14.1. The molecule has 1 heterocycles. The van der Waals surface area contributed by atoms with Crippen LogP contribution in [-0.2, 0) is 19.1 Å². The van der Waals surface area contributed by atoms with Crippen molar-refractivity contribution < 1.29 is 19.1 Å². The van der Waals surface area contributed by atoms with Crippen molar-refractivity contribution in [3.05, 3.63) is 3.95 Å². The number of rotatable bonds is 16. The zero-order valence-corrected chi connectivity index (χ0v) is 21.1. The molecule has 1 rings (SSSR count). The predicted octanol–water partition coefficient (Wildman–Crippen LogP) is 6.18. The smallest absolute Gasteiger partial charge is 0.320 e. The lowest BCUT2D eigenvalue weighted by atomic mass is 10.0. The summed E-state index contributed by atoms with van der Waals surface area (Å²) >= 11 is 7.56. The minimum atomic E-state index is -0.693. The highest BCUT2D eigenvalue weighted by Gasteiger charge is 2.28. The highest BCUT2D eigenvalue weighted by Crippen LogP contribution is 2.29. The molecule has 1 N–H and O–H groups in total. The van der Waals surface area contributed by atoms with Crippen LogP contribution in [0.3, 0.4) is 0 Å². The first kappa shape index (κ1) is 27.1. The van der Waals surface area contributed by atoms with E-state index in [1.54, 1.807) is 0 Å². The molecule has 172 valence electrons. The molecule has 0 radical (unpaired) electrons. The number of nitrogens with zero attached hydrogens (tertiary/aromatic N) is 1. The summed E-state index contributed by atoms with van der Waals surface area (Å²) in [6, 6.07) is 0. The maximum absolute atomic E-state index is 12.8. The molecule has 1 aromatic heterocycles. The number of carbonyl (C=O) groups is 2. The third-order valence-corrected chi connectivity index (χ3v) is 7.39. The molecular weight excluding hydrogens is 440 g/mol. The number of hydrogen-bond donors (Lipinski definition) is 1. The summed E-state index contributed by atoms with van der Waals surface area (Å²) in [6.07, 6.45) is 7.25. The molecule has 0 saturated heterocycles. The molecule has 6 nitrogen and oxygen atoms in total. The fraction of sp³-hybridized carbons (Fsp3) is 0.810. The molecule has 0 aliphatic heterocycles. The largest absolute Gasteiger partial charge is 0.465 e. The lowest BCUT2D eigenvalue weighted by molar-refractivity contribution is -0.151. The summed E-state index contributed by atoms with van der Waals surface area (Å²) in [6.45, 7) is 9.25. The van der Waals surface area contributed by atoms with Crippen LogP contribution in [0.4, 0.5) is 0 Å². The molecule has 9 heteroatoms. The number of thioether (sulfide) groups is 1. The van der Waals surface area contributed by atoms with Crippen molar-refractivity contribution in [1.29, 1.82) is 0 Å². The Hall–Kier alpha value is -0.930. The Kier molecular flexibility index (Phi) is 14.3. The van der Waals surface area contributed by atoms with Gasteiger partial charge in [-0.2, -0.15) is 5.10 Å². The Balaban J connectivity index is 2.69. The third kappa shape index (κ3) is 10.9. The molecule has 3 atom stereocenters. The highest BCUT2D eigenvalue weighted by molar-refractivity contribution is 8.02. The van der Waals surface area contributed by atoms with Crippen LogP contribution in [0.25, 0.3) is 0 Å². The van der Waals surface area contributed by atoms with Crippen molar-refractivity contribution >= 4 is 47.3 Å². The average Bonchev–Trinajstić information content (AvgIpc) is 3.15. The number of esters is 2. The standard InChI is InChI=1S/C21H36N2O4S3/c1-5-9-11-16(8-4)14-27-19(25)17(29-21-23-22-20(28)30-21)12-18(24)26-13-15(7-3)10-6-2/h15-17H,5-14H2,1-4H3,(H,22,28). The quantitative estimate of drug-likeness (QED) is 0.173. The number of hydrogen-bond acceptors (Lipinski definition) is 8. The van der Waals surface area contributed by atoms with Gasteiger partial charge in [-0.1, -0.05) is 82.9 Å². The van der Waals surface area contributed by atoms with Crippen LogP contribution in [0.1, 0.15) is 79.1 Å². The monoisotopic (exact) mass is 476 g/mol. The van der Waals surface area contributed by atoms with Gasteiger partial charge in [0.15, 0.2) is 8.29 Å². The number of unbranched alkanes of at least 4 members (excludes halogenated alkanes) is 1. The molecule has 3 unspecified atom stereocenters. The zero-order chi connectivity index (χ0) is 22.4. The van der Waals surface area contributed by atoms with Crippen LogP contribution >= 0.6 is 35.3 Å². The Morgan fingerprint density at radius 2 is 1.73 bits per heavy atom. The Labute approximate surface area is 193 Å². The van der Waals surface area contributed by atoms with Gasteiger partial charge in [-0.3, -0.25) is 14.7 Å². The van der Waals surface area contributed by atoms with Gasteiger partial charge in [-0.25, -0.2) is 0 Å². The van der Waals surface area contributed by atoms with Crippen molar-refractivity contribution in [1.82, 2.24) is 10.2 Å². The second kappa shape index (κ2) is 15.8. The molecule has 0 aliphatic carbocycles. The summed E-state index contributed by atoms with van der Waals surface area (Å²) in [4.78, 5) is 25.2. The molecular formula is C21H36N2O4S3. The number of aromatic nitrogens is 2. The maximum atomic E-state index is 12.8. The van der Waals surface area contributed by atoms with E-state index in [4.69, 9.17) is 21.7 Å². The summed E-state index contributed by atoms with van der Waals surface area (Å²) in [7, 11) is 0. The molecule has 0 fully saturated rings. The SMILES string of the molecule is CCCCC(CC)COC(=O)C(CC(=O)OCC(CC)CCC)Sc1n[nH]c(=S)s1. The van der Waals surface area contributed by atoms with Crippen molar-refractivity contribution in [2.45, 2.75) is 88.7 Å². The first-order valence-electron chi connectivity index (χ1n) is 11.0. The summed E-state index contributed by atoms with van der Waals surface area (Å²) in [5.74, 6) is -0.0692. The van der Waals surface area contributed by atoms with E-state index in [-0.39, 0.29) is 12.4 Å². The highest BCUT2D eigenvalue weighted by atomic mass is 32.2. The van der Waals surface area contributed by atoms with Crippen molar-refractivity contribution in [3.63, 3.8) is 0 Å². The molecule has 1 aromatic rings. The van der Waals surface area contributed by atoms with Gasteiger partial charge in [0.05, 0.1) is 19.6 Å². The first-order valence-corrected chi connectivity index (χ1v) is 13.1. The molecule has 30 heavy (non-hydrogen) atoms. The number of aromatic amines is 1. The molecule has 0 aromatic carbocycles. The second-order valence-corrected chi connectivity index (χ2v) is 10.6. The molecule has 0 amide bonds. The Morgan fingerprint density at radius 1 is 1.07 bits per heavy atom. The van der Waals surface area contributed by atoms with E-state index in [1.165, 1.54) is 23.1 Å². The number of nitrogens with one attached hydrogen (secondary N) is 1. The molecule has 0 saturated carbocycles. The fourth-order valence-electron chi connectivity index (χ4n) is 2.99. The van der Waals surface area contributed by atoms with Crippen LogP contribution in [0.2, 0.25) is 0 Å². The lowest BCUT2D eigenvalue weighted by Crippen LogP contribution is -2.27. The molecule has 0 bridgehead atoms. The number of ether oxygens (including phenoxy) is 2. The van der Waals surface area contributed by atoms with E-state index in [1.807, 2.05) is 0 Å². The summed E-state index contributed by atoms with van der Waals surface area (Å²) in [5, 5.41) is 6.11. The van der Waals surface area contributed by atoms with Crippen molar-refractivity contribution in [2.75, 3.05) is 13.2 Å². The van der Waals surface area contributed by atoms with E-state index in [0.717, 1.165) is 44.9 Å². The summed E-state index contributed by atoms with van der Waals surface area (Å²) in [5.41, 5.74) is 0. The van der Waals surface area contributed by atoms with Crippen LogP contribution in [0.5, 0.6) is 0 Å². The van der Waals surface area contributed by atoms with Gasteiger partial charge >= 0.3 is 11.9 Å². The van der Waals surface area contributed by atoms with Gasteiger partial charge in [-0.05, 0) is 36.9 Å². The molecule has 0 aliphatic rings. The average molecular weight is 477 g/mol. The number of carbonyl (C=O) groups excluding carboxylic acids is 2. The minimum Gasteiger partial charge on any atom is -0.465 e.